The molecule has 1 unspecified atom stereocenters. The zero-order valence-corrected chi connectivity index (χ0v) is 12.9. The Labute approximate surface area is 134 Å². The smallest absolute Gasteiger partial charge is 0.171 e. The number of nitrogens with zero attached hydrogens (tertiary/aromatic N) is 2. The highest BCUT2D eigenvalue weighted by Gasteiger charge is 2.22. The van der Waals surface area contributed by atoms with Gasteiger partial charge in [0.25, 0.3) is 0 Å². The van der Waals surface area contributed by atoms with Gasteiger partial charge in [-0.25, -0.2) is 4.98 Å². The van der Waals surface area contributed by atoms with Crippen molar-refractivity contribution in [3.05, 3.63) is 59.4 Å². The fourth-order valence-electron chi connectivity index (χ4n) is 3.01. The molecule has 0 spiro atoms. The van der Waals surface area contributed by atoms with Gasteiger partial charge in [0.1, 0.15) is 18.5 Å². The van der Waals surface area contributed by atoms with Crippen LogP contribution in [0.1, 0.15) is 36.4 Å². The summed E-state index contributed by atoms with van der Waals surface area (Å²) in [5.41, 5.74) is 3.69. The van der Waals surface area contributed by atoms with Crippen molar-refractivity contribution in [3.63, 3.8) is 0 Å². The van der Waals surface area contributed by atoms with Crippen molar-refractivity contribution < 1.29 is 14.9 Å². The van der Waals surface area contributed by atoms with Crippen LogP contribution in [0.15, 0.2) is 42.5 Å². The zero-order valence-electron chi connectivity index (χ0n) is 12.9. The molecular formula is C18H18N2O3. The number of rotatable bonds is 4. The van der Waals surface area contributed by atoms with Gasteiger partial charge in [0.2, 0.25) is 0 Å². The number of imidazole rings is 1. The van der Waals surface area contributed by atoms with Gasteiger partial charge in [-0.2, -0.15) is 4.89 Å². The van der Waals surface area contributed by atoms with E-state index in [1.54, 1.807) is 0 Å². The standard InChI is InChI=1S/C18H18N2O3/c1-2-9-20-15-6-4-3-5-14(15)19-18(20)17(21)12-7-8-13-11-22-23-16(13)10-12/h3-8,10,17,21H,2,9,11H2,1H3. The summed E-state index contributed by atoms with van der Waals surface area (Å²) in [6.07, 6.45) is 0.171. The molecule has 0 saturated carbocycles. The van der Waals surface area contributed by atoms with Crippen molar-refractivity contribution in [2.24, 2.45) is 0 Å². The van der Waals surface area contributed by atoms with Gasteiger partial charge in [0.05, 0.1) is 11.0 Å². The van der Waals surface area contributed by atoms with Crippen molar-refractivity contribution in [2.45, 2.75) is 32.6 Å². The van der Waals surface area contributed by atoms with Gasteiger partial charge in [-0.1, -0.05) is 31.2 Å². The van der Waals surface area contributed by atoms with Crippen LogP contribution in [0, 0.1) is 0 Å². The molecule has 1 aliphatic rings. The first-order valence-corrected chi connectivity index (χ1v) is 7.83. The number of hydrogen-bond acceptors (Lipinski definition) is 4. The molecule has 0 fully saturated rings. The number of aliphatic hydroxyl groups is 1. The Bertz CT molecular complexity index is 857. The largest absolute Gasteiger partial charge is 0.380 e. The van der Waals surface area contributed by atoms with E-state index in [0.29, 0.717) is 18.2 Å². The third-order valence-corrected chi connectivity index (χ3v) is 4.15. The molecule has 2 aromatic carbocycles. The number of aryl methyl sites for hydroxylation is 1. The lowest BCUT2D eigenvalue weighted by molar-refractivity contribution is -0.194. The Kier molecular flexibility index (Phi) is 3.52. The molecule has 0 amide bonds. The Morgan fingerprint density at radius 2 is 2.13 bits per heavy atom. The second kappa shape index (κ2) is 5.68. The van der Waals surface area contributed by atoms with Crippen molar-refractivity contribution in [1.29, 1.82) is 0 Å². The number of fused-ring (bicyclic) bond motifs is 2. The van der Waals surface area contributed by atoms with Gasteiger partial charge in [-0.15, -0.1) is 0 Å². The molecule has 4 rings (SSSR count). The van der Waals surface area contributed by atoms with Crippen LogP contribution in [0.4, 0.5) is 0 Å². The van der Waals surface area contributed by atoms with E-state index in [2.05, 4.69) is 16.5 Å². The summed E-state index contributed by atoms with van der Waals surface area (Å²) < 4.78 is 2.09. The summed E-state index contributed by atoms with van der Waals surface area (Å²) in [6.45, 7) is 3.38. The summed E-state index contributed by atoms with van der Waals surface area (Å²) in [5, 5.41) is 10.9. The van der Waals surface area contributed by atoms with E-state index >= 15 is 0 Å². The molecule has 5 nitrogen and oxygen atoms in total. The van der Waals surface area contributed by atoms with Crippen molar-refractivity contribution >= 4 is 11.0 Å². The summed E-state index contributed by atoms with van der Waals surface area (Å²) in [4.78, 5) is 14.7. The van der Waals surface area contributed by atoms with Crippen LogP contribution in [0.2, 0.25) is 0 Å². The lowest BCUT2D eigenvalue weighted by Gasteiger charge is -2.14. The normalized spacial score (nSPS) is 14.7. The van der Waals surface area contributed by atoms with E-state index in [0.717, 1.165) is 35.1 Å². The van der Waals surface area contributed by atoms with E-state index in [4.69, 9.17) is 9.78 Å². The van der Waals surface area contributed by atoms with Gasteiger partial charge in [0, 0.05) is 12.1 Å². The predicted molar refractivity (Wildman–Crippen MR) is 85.9 cm³/mol. The first-order chi connectivity index (χ1) is 11.3. The molecule has 23 heavy (non-hydrogen) atoms. The third-order valence-electron chi connectivity index (χ3n) is 4.15. The lowest BCUT2D eigenvalue weighted by atomic mass is 10.1. The minimum absolute atomic E-state index is 0.444. The average Bonchev–Trinajstić information content (AvgIpc) is 3.19. The SMILES string of the molecule is CCCn1c(C(O)c2ccc3c(c2)OOC3)nc2ccccc21. The van der Waals surface area contributed by atoms with Gasteiger partial charge in [-0.3, -0.25) is 0 Å². The maximum Gasteiger partial charge on any atom is 0.171 e. The molecule has 118 valence electrons. The summed E-state index contributed by atoms with van der Waals surface area (Å²) in [6, 6.07) is 13.6. The Morgan fingerprint density at radius 1 is 1.26 bits per heavy atom. The number of benzene rings is 2. The highest BCUT2D eigenvalue weighted by atomic mass is 17.2. The summed E-state index contributed by atoms with van der Waals surface area (Å²) >= 11 is 0. The number of aliphatic hydroxyl groups excluding tert-OH is 1. The Balaban J connectivity index is 1.80. The highest BCUT2D eigenvalue weighted by Crippen LogP contribution is 2.32. The summed E-state index contributed by atoms with van der Waals surface area (Å²) in [7, 11) is 0. The minimum atomic E-state index is -0.802. The fraction of sp³-hybridized carbons (Fsp3) is 0.278. The first-order valence-electron chi connectivity index (χ1n) is 7.83. The van der Waals surface area contributed by atoms with Crippen LogP contribution >= 0.6 is 0 Å². The number of aromatic nitrogens is 2. The van der Waals surface area contributed by atoms with Crippen LogP contribution in [0.25, 0.3) is 11.0 Å². The van der Waals surface area contributed by atoms with Crippen LogP contribution in [0.5, 0.6) is 5.75 Å². The number of para-hydroxylation sites is 2. The van der Waals surface area contributed by atoms with Crippen LogP contribution in [-0.4, -0.2) is 14.7 Å². The van der Waals surface area contributed by atoms with Gasteiger partial charge < -0.3 is 14.6 Å². The van der Waals surface area contributed by atoms with Crippen LogP contribution < -0.4 is 4.89 Å². The van der Waals surface area contributed by atoms with E-state index in [1.165, 1.54) is 0 Å². The Hall–Kier alpha value is -2.37. The molecule has 0 aliphatic carbocycles. The Morgan fingerprint density at radius 3 is 3.00 bits per heavy atom. The monoisotopic (exact) mass is 310 g/mol. The molecule has 2 heterocycles. The molecule has 0 bridgehead atoms. The van der Waals surface area contributed by atoms with Crippen molar-refractivity contribution in [3.8, 4) is 5.75 Å². The number of hydrogen-bond donors (Lipinski definition) is 1. The molecule has 0 radical (unpaired) electrons. The zero-order chi connectivity index (χ0) is 15.8. The highest BCUT2D eigenvalue weighted by molar-refractivity contribution is 5.76. The first kappa shape index (κ1) is 14.2. The lowest BCUT2D eigenvalue weighted by Crippen LogP contribution is -2.10. The molecule has 1 atom stereocenters. The second-order valence-corrected chi connectivity index (χ2v) is 5.73. The molecule has 3 aromatic rings. The molecular weight excluding hydrogens is 292 g/mol. The molecule has 1 N–H and O–H groups in total. The molecule has 5 heteroatoms. The van der Waals surface area contributed by atoms with Crippen LogP contribution in [0.3, 0.4) is 0 Å². The van der Waals surface area contributed by atoms with E-state index in [9.17, 15) is 5.11 Å². The van der Waals surface area contributed by atoms with Crippen LogP contribution in [-0.2, 0) is 18.0 Å². The maximum absolute atomic E-state index is 10.9. The minimum Gasteiger partial charge on any atom is -0.380 e. The third kappa shape index (κ3) is 2.38. The van der Waals surface area contributed by atoms with Gasteiger partial charge >= 0.3 is 0 Å². The van der Waals surface area contributed by atoms with E-state index < -0.39 is 6.10 Å². The fourth-order valence-corrected chi connectivity index (χ4v) is 3.01. The quantitative estimate of drug-likeness (QED) is 0.751. The topological polar surface area (TPSA) is 56.5 Å². The molecule has 0 saturated heterocycles. The van der Waals surface area contributed by atoms with Crippen molar-refractivity contribution in [2.75, 3.05) is 0 Å². The van der Waals surface area contributed by atoms with E-state index in [-0.39, 0.29) is 0 Å². The molecule has 1 aliphatic heterocycles. The second-order valence-electron chi connectivity index (χ2n) is 5.73. The average molecular weight is 310 g/mol. The predicted octanol–water partition coefficient (Wildman–Crippen LogP) is 3.35. The van der Waals surface area contributed by atoms with Gasteiger partial charge in [0.15, 0.2) is 5.75 Å². The van der Waals surface area contributed by atoms with Crippen molar-refractivity contribution in [1.82, 2.24) is 9.55 Å². The van der Waals surface area contributed by atoms with Gasteiger partial charge in [-0.05, 0) is 30.2 Å². The maximum atomic E-state index is 10.9. The summed E-state index contributed by atoms with van der Waals surface area (Å²) in [5.74, 6) is 1.33. The van der Waals surface area contributed by atoms with E-state index in [1.807, 2.05) is 42.5 Å². The molecule has 1 aromatic heterocycles.